The number of hydrogen-bond donors (Lipinski definition) is 3. The molecule has 0 spiro atoms. The molecule has 1 atom stereocenters. The molecule has 0 bridgehead atoms. The molecule has 0 saturated carbocycles. The molecule has 1 unspecified atom stereocenters. The molecule has 4 aromatic rings. The van der Waals surface area contributed by atoms with Crippen molar-refractivity contribution in [3.8, 4) is 10.4 Å². The van der Waals surface area contributed by atoms with E-state index in [1.54, 1.807) is 18.3 Å². The Balaban J connectivity index is 1.60. The number of aromatic nitrogens is 4. The third-order valence-electron chi connectivity index (χ3n) is 4.96. The average Bonchev–Trinajstić information content (AvgIpc) is 3.29. The molecule has 0 fully saturated rings. The predicted octanol–water partition coefficient (Wildman–Crippen LogP) is 4.89. The van der Waals surface area contributed by atoms with Crippen LogP contribution in [0.15, 0.2) is 55.0 Å². The van der Waals surface area contributed by atoms with Crippen molar-refractivity contribution in [2.24, 2.45) is 0 Å². The number of halogens is 3. The molecule has 3 aromatic heterocycles. The van der Waals surface area contributed by atoms with Gasteiger partial charge in [0.25, 0.3) is 0 Å². The first-order valence-corrected chi connectivity index (χ1v) is 11.0. The van der Waals surface area contributed by atoms with E-state index in [0.29, 0.717) is 16.4 Å². The Kier molecular flexibility index (Phi) is 6.76. The maximum Gasteiger partial charge on any atom is 0.433 e. The number of benzene rings is 1. The minimum atomic E-state index is -4.58. The number of aliphatic hydroxyl groups excluding tert-OH is 1. The molecule has 0 aliphatic carbocycles. The summed E-state index contributed by atoms with van der Waals surface area (Å²) in [6.45, 7) is 1.56. The van der Waals surface area contributed by atoms with Gasteiger partial charge in [0.05, 0.1) is 28.7 Å². The van der Waals surface area contributed by atoms with Crippen molar-refractivity contribution in [3.63, 3.8) is 0 Å². The molecule has 1 aromatic carbocycles. The summed E-state index contributed by atoms with van der Waals surface area (Å²) in [5.74, 6) is -1.82. The van der Waals surface area contributed by atoms with Gasteiger partial charge in [0.1, 0.15) is 10.7 Å². The number of thiazole rings is 1. The van der Waals surface area contributed by atoms with Crippen LogP contribution in [-0.4, -0.2) is 42.7 Å². The van der Waals surface area contributed by atoms with E-state index < -0.39 is 23.8 Å². The summed E-state index contributed by atoms with van der Waals surface area (Å²) in [6, 6.07) is 9.13. The highest BCUT2D eigenvalue weighted by Crippen LogP contribution is 2.35. The largest absolute Gasteiger partial charge is 0.478 e. The second-order valence-electron chi connectivity index (χ2n) is 7.55. The highest BCUT2D eigenvalue weighted by molar-refractivity contribution is 7.15. The standard InChI is InChI=1S/C23H18F3N5O3S/c1-12-6-14(8-15(7-12)30-22-27-5-4-19(31-22)23(24,25)26)18-10-29-20(35-18)16(11-32)17-3-2-13(9-28-17)21(33)34/h2-10,16,32H,11H2,1H3,(H,33,34)(H,27,30,31). The van der Waals surface area contributed by atoms with Gasteiger partial charge in [0.15, 0.2) is 0 Å². The fraction of sp³-hybridized carbons (Fsp3) is 0.174. The van der Waals surface area contributed by atoms with Gasteiger partial charge in [-0.1, -0.05) is 6.07 Å². The van der Waals surface area contributed by atoms with E-state index in [-0.39, 0.29) is 18.1 Å². The van der Waals surface area contributed by atoms with E-state index in [1.807, 2.05) is 13.0 Å². The summed E-state index contributed by atoms with van der Waals surface area (Å²) in [5, 5.41) is 22.4. The molecule has 0 aliphatic rings. The summed E-state index contributed by atoms with van der Waals surface area (Å²) >= 11 is 1.32. The molecule has 0 amide bonds. The SMILES string of the molecule is Cc1cc(Nc2nccc(C(F)(F)F)n2)cc(-c2cnc(C(CO)c3ccc(C(=O)O)cn3)s2)c1. The molecular weight excluding hydrogens is 483 g/mol. The third kappa shape index (κ3) is 5.61. The van der Waals surface area contributed by atoms with Crippen LogP contribution in [0.2, 0.25) is 0 Å². The van der Waals surface area contributed by atoms with Crippen LogP contribution in [0.4, 0.5) is 24.8 Å². The first-order valence-electron chi connectivity index (χ1n) is 10.2. The van der Waals surface area contributed by atoms with Gasteiger partial charge in [-0.3, -0.25) is 4.98 Å². The molecule has 0 aliphatic heterocycles. The Bertz CT molecular complexity index is 1360. The summed E-state index contributed by atoms with van der Waals surface area (Å²) in [4.78, 5) is 27.8. The number of nitrogens with zero attached hydrogens (tertiary/aromatic N) is 4. The molecule has 35 heavy (non-hydrogen) atoms. The highest BCUT2D eigenvalue weighted by atomic mass is 32.1. The molecule has 180 valence electrons. The Morgan fingerprint density at radius 3 is 2.57 bits per heavy atom. The van der Waals surface area contributed by atoms with Crippen LogP contribution < -0.4 is 5.32 Å². The maximum atomic E-state index is 13.0. The maximum absolute atomic E-state index is 13.0. The fourth-order valence-electron chi connectivity index (χ4n) is 3.32. The van der Waals surface area contributed by atoms with E-state index in [4.69, 9.17) is 5.11 Å². The quantitative estimate of drug-likeness (QED) is 0.327. The average molecular weight is 501 g/mol. The van der Waals surface area contributed by atoms with Gasteiger partial charge in [0.2, 0.25) is 5.95 Å². The molecule has 4 rings (SSSR count). The molecule has 0 saturated heterocycles. The van der Waals surface area contributed by atoms with Crippen molar-refractivity contribution >= 4 is 28.9 Å². The van der Waals surface area contributed by atoms with E-state index >= 15 is 0 Å². The lowest BCUT2D eigenvalue weighted by atomic mass is 10.1. The van der Waals surface area contributed by atoms with Crippen LogP contribution in [0.3, 0.4) is 0 Å². The van der Waals surface area contributed by atoms with Gasteiger partial charge in [0, 0.05) is 24.3 Å². The molecule has 12 heteroatoms. The van der Waals surface area contributed by atoms with E-state index in [9.17, 15) is 23.1 Å². The second kappa shape index (κ2) is 9.76. The van der Waals surface area contributed by atoms with Crippen LogP contribution in [0.1, 0.15) is 38.2 Å². The molecule has 3 N–H and O–H groups in total. The van der Waals surface area contributed by atoms with Crippen molar-refractivity contribution in [1.29, 1.82) is 0 Å². The Morgan fingerprint density at radius 2 is 1.91 bits per heavy atom. The monoisotopic (exact) mass is 501 g/mol. The normalized spacial score (nSPS) is 12.4. The zero-order valence-electron chi connectivity index (χ0n) is 18.1. The molecular formula is C23H18F3N5O3S. The van der Waals surface area contributed by atoms with Crippen LogP contribution in [0, 0.1) is 6.92 Å². The number of anilines is 2. The van der Waals surface area contributed by atoms with Gasteiger partial charge in [-0.2, -0.15) is 13.2 Å². The zero-order valence-corrected chi connectivity index (χ0v) is 18.9. The summed E-state index contributed by atoms with van der Waals surface area (Å²) in [5.41, 5.74) is 1.57. The summed E-state index contributed by atoms with van der Waals surface area (Å²) < 4.78 is 38.9. The van der Waals surface area contributed by atoms with E-state index in [2.05, 4.69) is 25.3 Å². The number of aryl methyl sites for hydroxylation is 1. The Labute approximate surface area is 201 Å². The van der Waals surface area contributed by atoms with Crippen molar-refractivity contribution in [2.45, 2.75) is 19.0 Å². The number of aliphatic hydroxyl groups is 1. The second-order valence-corrected chi connectivity index (χ2v) is 8.61. The van der Waals surface area contributed by atoms with Crippen LogP contribution >= 0.6 is 11.3 Å². The van der Waals surface area contributed by atoms with Gasteiger partial charge in [-0.25, -0.2) is 19.7 Å². The number of carboxylic acids is 1. The van der Waals surface area contributed by atoms with Crippen molar-refractivity contribution in [1.82, 2.24) is 19.9 Å². The lowest BCUT2D eigenvalue weighted by molar-refractivity contribution is -0.141. The van der Waals surface area contributed by atoms with Crippen molar-refractivity contribution in [2.75, 3.05) is 11.9 Å². The summed E-state index contributed by atoms with van der Waals surface area (Å²) in [6.07, 6.45) is -0.685. The number of alkyl halides is 3. The van der Waals surface area contributed by atoms with Gasteiger partial charge >= 0.3 is 12.1 Å². The Morgan fingerprint density at radius 1 is 1.11 bits per heavy atom. The topological polar surface area (TPSA) is 121 Å². The number of nitrogens with one attached hydrogen (secondary N) is 1. The van der Waals surface area contributed by atoms with Crippen LogP contribution in [0.25, 0.3) is 10.4 Å². The molecule has 0 radical (unpaired) electrons. The number of carbonyl (C=O) groups is 1. The van der Waals surface area contributed by atoms with Crippen molar-refractivity contribution in [3.05, 3.63) is 82.5 Å². The minimum absolute atomic E-state index is 0.0369. The molecule has 8 nitrogen and oxygen atoms in total. The number of hydrogen-bond acceptors (Lipinski definition) is 8. The predicted molar refractivity (Wildman–Crippen MR) is 123 cm³/mol. The zero-order chi connectivity index (χ0) is 25.2. The highest BCUT2D eigenvalue weighted by Gasteiger charge is 2.32. The van der Waals surface area contributed by atoms with Gasteiger partial charge < -0.3 is 15.5 Å². The number of pyridine rings is 1. The minimum Gasteiger partial charge on any atom is -0.478 e. The van der Waals surface area contributed by atoms with Crippen molar-refractivity contribution < 1.29 is 28.2 Å². The van der Waals surface area contributed by atoms with Gasteiger partial charge in [-0.05, 0) is 48.4 Å². The number of aromatic carboxylic acids is 1. The van der Waals surface area contributed by atoms with Crippen LogP contribution in [-0.2, 0) is 6.18 Å². The fourth-order valence-corrected chi connectivity index (χ4v) is 4.33. The third-order valence-corrected chi connectivity index (χ3v) is 6.12. The van der Waals surface area contributed by atoms with Gasteiger partial charge in [-0.15, -0.1) is 11.3 Å². The first-order chi connectivity index (χ1) is 16.6. The van der Waals surface area contributed by atoms with Crippen LogP contribution in [0.5, 0.6) is 0 Å². The Hall–Kier alpha value is -3.90. The lowest BCUT2D eigenvalue weighted by Gasteiger charge is -2.11. The number of carboxylic acid groups (broad SMARTS) is 1. The first kappa shape index (κ1) is 24.2. The van der Waals surface area contributed by atoms with E-state index in [0.717, 1.165) is 28.3 Å². The van der Waals surface area contributed by atoms with E-state index in [1.165, 1.54) is 29.7 Å². The molecule has 3 heterocycles. The smallest absolute Gasteiger partial charge is 0.433 e. The number of rotatable bonds is 7. The summed E-state index contributed by atoms with van der Waals surface area (Å²) in [7, 11) is 0. The lowest BCUT2D eigenvalue weighted by Crippen LogP contribution is -2.10.